The van der Waals surface area contributed by atoms with E-state index in [-0.39, 0.29) is 28.5 Å². The van der Waals surface area contributed by atoms with Crippen molar-refractivity contribution in [2.75, 3.05) is 21.3 Å². The molecule has 9 heteroatoms. The number of rotatable bonds is 7. The highest BCUT2D eigenvalue weighted by molar-refractivity contribution is 5.97. The van der Waals surface area contributed by atoms with Gasteiger partial charge in [0.05, 0.1) is 26.9 Å². The summed E-state index contributed by atoms with van der Waals surface area (Å²) in [5, 5.41) is 3.15. The van der Waals surface area contributed by atoms with Gasteiger partial charge in [0.2, 0.25) is 5.75 Å². The van der Waals surface area contributed by atoms with E-state index in [0.717, 1.165) is 0 Å². The van der Waals surface area contributed by atoms with Gasteiger partial charge in [0, 0.05) is 17.5 Å². The minimum atomic E-state index is -0.788. The van der Waals surface area contributed by atoms with E-state index in [2.05, 4.69) is 5.32 Å². The van der Waals surface area contributed by atoms with E-state index in [9.17, 15) is 14.4 Å². The average Bonchev–Trinajstić information content (AvgIpc) is 2.76. The molecule has 1 amide bonds. The van der Waals surface area contributed by atoms with Crippen LogP contribution in [0.15, 0.2) is 45.6 Å². The normalized spacial score (nSPS) is 10.7. The number of methoxy groups -OCH3 is 3. The molecule has 0 aliphatic heterocycles. The Morgan fingerprint density at radius 1 is 0.938 bits per heavy atom. The van der Waals surface area contributed by atoms with Gasteiger partial charge in [-0.15, -0.1) is 0 Å². The van der Waals surface area contributed by atoms with Crippen molar-refractivity contribution in [2.24, 2.45) is 0 Å². The van der Waals surface area contributed by atoms with Crippen LogP contribution in [0.4, 0.5) is 0 Å². The monoisotopic (exact) mass is 441 g/mol. The number of amides is 1. The van der Waals surface area contributed by atoms with Gasteiger partial charge in [0.15, 0.2) is 11.5 Å². The van der Waals surface area contributed by atoms with Crippen LogP contribution in [0.3, 0.4) is 0 Å². The number of carbonyl (C=O) groups excluding carboxylic acids is 2. The Balaban J connectivity index is 1.90. The molecule has 1 heterocycles. The molecule has 3 aromatic rings. The molecule has 1 N–H and O–H groups in total. The summed E-state index contributed by atoms with van der Waals surface area (Å²) in [6.45, 7) is 3.57. The minimum absolute atomic E-state index is 0.103. The highest BCUT2D eigenvalue weighted by Crippen LogP contribution is 2.38. The molecule has 0 unspecified atom stereocenters. The van der Waals surface area contributed by atoms with Gasteiger partial charge in [-0.2, -0.15) is 0 Å². The third kappa shape index (κ3) is 4.66. The highest BCUT2D eigenvalue weighted by Gasteiger charge is 2.19. The third-order valence-electron chi connectivity index (χ3n) is 4.48. The van der Waals surface area contributed by atoms with E-state index < -0.39 is 17.5 Å². The maximum atomic E-state index is 12.7. The summed E-state index contributed by atoms with van der Waals surface area (Å²) in [7, 11) is 4.33. The lowest BCUT2D eigenvalue weighted by Gasteiger charge is -2.13. The zero-order valence-electron chi connectivity index (χ0n) is 18.3. The Morgan fingerprint density at radius 2 is 1.59 bits per heavy atom. The molecule has 2 aromatic carbocycles. The molecule has 3 rings (SSSR count). The zero-order valence-corrected chi connectivity index (χ0v) is 18.3. The van der Waals surface area contributed by atoms with E-state index in [4.69, 9.17) is 23.4 Å². The molecule has 0 saturated carbocycles. The van der Waals surface area contributed by atoms with E-state index in [1.54, 1.807) is 19.9 Å². The second kappa shape index (κ2) is 9.42. The maximum absolute atomic E-state index is 12.7. The molecule has 0 atom stereocenters. The fraction of sp³-hybridized carbons (Fsp3) is 0.261. The lowest BCUT2D eigenvalue weighted by Crippen LogP contribution is -2.33. The van der Waals surface area contributed by atoms with Crippen molar-refractivity contribution >= 4 is 22.8 Å². The van der Waals surface area contributed by atoms with E-state index in [1.807, 2.05) is 0 Å². The van der Waals surface area contributed by atoms with E-state index in [0.29, 0.717) is 22.6 Å². The van der Waals surface area contributed by atoms with Crippen LogP contribution < -0.4 is 29.9 Å². The van der Waals surface area contributed by atoms with Gasteiger partial charge in [-0.3, -0.25) is 4.79 Å². The molecule has 32 heavy (non-hydrogen) atoms. The zero-order chi connectivity index (χ0) is 23.4. The number of hydrogen-bond donors (Lipinski definition) is 1. The van der Waals surface area contributed by atoms with Gasteiger partial charge >= 0.3 is 11.6 Å². The fourth-order valence-corrected chi connectivity index (χ4v) is 3.02. The standard InChI is InChI=1S/C23H23NO8/c1-12(2)24-21(25)16-8-13-6-7-15(11-17(13)32-23(16)27)31-22(26)14-9-18(28-3)20(30-5)19(10-14)29-4/h6-12H,1-5H3,(H,24,25). The van der Waals surface area contributed by atoms with Crippen molar-refractivity contribution < 1.29 is 33.0 Å². The number of fused-ring (bicyclic) bond motifs is 1. The highest BCUT2D eigenvalue weighted by atomic mass is 16.5. The van der Waals surface area contributed by atoms with Crippen LogP contribution in [-0.2, 0) is 0 Å². The Hall–Kier alpha value is -4.01. The first kappa shape index (κ1) is 22.7. The van der Waals surface area contributed by atoms with Gasteiger partial charge in [-0.25, -0.2) is 9.59 Å². The maximum Gasteiger partial charge on any atom is 0.349 e. The molecule has 0 aliphatic carbocycles. The van der Waals surface area contributed by atoms with Gasteiger partial charge in [-0.1, -0.05) is 0 Å². The summed E-state index contributed by atoms with van der Waals surface area (Å²) in [6, 6.07) is 8.74. The van der Waals surface area contributed by atoms with Crippen LogP contribution in [0.1, 0.15) is 34.6 Å². The van der Waals surface area contributed by atoms with Crippen LogP contribution in [0.25, 0.3) is 11.0 Å². The van der Waals surface area contributed by atoms with Gasteiger partial charge in [-0.05, 0) is 44.2 Å². The van der Waals surface area contributed by atoms with Gasteiger partial charge in [0.1, 0.15) is 16.9 Å². The summed E-state index contributed by atoms with van der Waals surface area (Å²) in [5.74, 6) is -0.103. The first-order valence-corrected chi connectivity index (χ1v) is 9.68. The molecule has 168 valence electrons. The summed E-state index contributed by atoms with van der Waals surface area (Å²) in [5.41, 5.74) is -0.551. The number of nitrogens with one attached hydrogen (secondary N) is 1. The molecule has 0 saturated heterocycles. The number of carbonyl (C=O) groups is 2. The van der Waals surface area contributed by atoms with E-state index >= 15 is 0 Å². The molecule has 0 aliphatic rings. The predicted octanol–water partition coefficient (Wildman–Crippen LogP) is 3.18. The van der Waals surface area contributed by atoms with Crippen molar-refractivity contribution in [1.82, 2.24) is 5.32 Å². The molecule has 1 aromatic heterocycles. The molecule has 0 spiro atoms. The lowest BCUT2D eigenvalue weighted by atomic mass is 10.1. The van der Waals surface area contributed by atoms with Gasteiger partial charge < -0.3 is 28.7 Å². The first-order valence-electron chi connectivity index (χ1n) is 9.68. The average molecular weight is 441 g/mol. The quantitative estimate of drug-likeness (QED) is 0.338. The molecular formula is C23H23NO8. The summed E-state index contributed by atoms with van der Waals surface area (Å²) >= 11 is 0. The number of hydrogen-bond acceptors (Lipinski definition) is 8. The SMILES string of the molecule is COc1cc(C(=O)Oc2ccc3cc(C(=O)NC(C)C)c(=O)oc3c2)cc(OC)c1OC. The Kier molecular flexibility index (Phi) is 6.67. The molecule has 0 fully saturated rings. The summed E-state index contributed by atoms with van der Waals surface area (Å²) in [4.78, 5) is 37.1. The van der Waals surface area contributed by atoms with Crippen LogP contribution >= 0.6 is 0 Å². The van der Waals surface area contributed by atoms with Crippen LogP contribution in [0.2, 0.25) is 0 Å². The first-order chi connectivity index (χ1) is 15.3. The van der Waals surface area contributed by atoms with Crippen molar-refractivity contribution in [3.05, 3.63) is 57.9 Å². The molecule has 0 bridgehead atoms. The number of ether oxygens (including phenoxy) is 4. The van der Waals surface area contributed by atoms with Gasteiger partial charge in [0.25, 0.3) is 5.91 Å². The topological polar surface area (TPSA) is 113 Å². The fourth-order valence-electron chi connectivity index (χ4n) is 3.02. The van der Waals surface area contributed by atoms with E-state index in [1.165, 1.54) is 51.7 Å². The summed E-state index contributed by atoms with van der Waals surface area (Å²) < 4.78 is 26.4. The van der Waals surface area contributed by atoms with Crippen molar-refractivity contribution in [3.8, 4) is 23.0 Å². The van der Waals surface area contributed by atoms with Crippen molar-refractivity contribution in [1.29, 1.82) is 0 Å². The lowest BCUT2D eigenvalue weighted by molar-refractivity contribution is 0.0733. The molecule has 0 radical (unpaired) electrons. The van der Waals surface area contributed by atoms with Crippen molar-refractivity contribution in [3.63, 3.8) is 0 Å². The number of benzene rings is 2. The summed E-state index contributed by atoms with van der Waals surface area (Å²) in [6.07, 6.45) is 0. The van der Waals surface area contributed by atoms with Crippen LogP contribution in [0.5, 0.6) is 23.0 Å². The van der Waals surface area contributed by atoms with Crippen molar-refractivity contribution in [2.45, 2.75) is 19.9 Å². The largest absolute Gasteiger partial charge is 0.493 e. The molecule has 9 nitrogen and oxygen atoms in total. The van der Waals surface area contributed by atoms with Crippen LogP contribution in [-0.4, -0.2) is 39.2 Å². The van der Waals surface area contributed by atoms with Crippen LogP contribution in [0, 0.1) is 0 Å². The minimum Gasteiger partial charge on any atom is -0.493 e. The number of esters is 1. The Morgan fingerprint density at radius 3 is 2.16 bits per heavy atom. The smallest absolute Gasteiger partial charge is 0.349 e. The second-order valence-corrected chi connectivity index (χ2v) is 7.08. The Bertz CT molecular complexity index is 1200. The molecular weight excluding hydrogens is 418 g/mol. The third-order valence-corrected chi connectivity index (χ3v) is 4.48. The predicted molar refractivity (Wildman–Crippen MR) is 116 cm³/mol. The Labute approximate surface area is 183 Å². The second-order valence-electron chi connectivity index (χ2n) is 7.08.